The van der Waals surface area contributed by atoms with Crippen molar-refractivity contribution in [3.8, 4) is 0 Å². The Morgan fingerprint density at radius 3 is 3.00 bits per heavy atom. The highest BCUT2D eigenvalue weighted by molar-refractivity contribution is 7.09. The molecule has 0 saturated heterocycles. The lowest BCUT2D eigenvalue weighted by Crippen LogP contribution is -2.08. The number of carbonyl (C=O) groups is 1. The molecule has 1 aromatic heterocycles. The van der Waals surface area contributed by atoms with Crippen molar-refractivity contribution in [1.82, 2.24) is 9.36 Å². The van der Waals surface area contributed by atoms with Crippen molar-refractivity contribution >= 4 is 22.6 Å². The summed E-state index contributed by atoms with van der Waals surface area (Å²) in [7, 11) is 0. The SMILES string of the molecule is CCOC(=O)Cc1nsc(N)n1. The summed E-state index contributed by atoms with van der Waals surface area (Å²) in [6.45, 7) is 2.12. The summed E-state index contributed by atoms with van der Waals surface area (Å²) >= 11 is 1.07. The summed E-state index contributed by atoms with van der Waals surface area (Å²) in [5, 5.41) is 0.370. The fourth-order valence-corrected chi connectivity index (χ4v) is 1.13. The maximum atomic E-state index is 10.9. The Hall–Kier alpha value is -1.17. The quantitative estimate of drug-likeness (QED) is 0.685. The van der Waals surface area contributed by atoms with Crippen LogP contribution in [-0.4, -0.2) is 21.9 Å². The zero-order valence-electron chi connectivity index (χ0n) is 6.61. The van der Waals surface area contributed by atoms with Gasteiger partial charge in [-0.25, -0.2) is 4.98 Å². The molecule has 0 unspecified atom stereocenters. The molecule has 1 rings (SSSR count). The Bertz CT molecular complexity index is 274. The number of ether oxygens (including phenoxy) is 1. The lowest BCUT2D eigenvalue weighted by atomic mass is 10.4. The van der Waals surface area contributed by atoms with E-state index < -0.39 is 0 Å². The maximum Gasteiger partial charge on any atom is 0.313 e. The number of aromatic nitrogens is 2. The number of anilines is 1. The fourth-order valence-electron chi connectivity index (χ4n) is 0.680. The number of hydrogen-bond donors (Lipinski definition) is 1. The van der Waals surface area contributed by atoms with Crippen LogP contribution in [0.3, 0.4) is 0 Å². The third-order valence-corrected chi connectivity index (χ3v) is 1.67. The van der Waals surface area contributed by atoms with Gasteiger partial charge in [-0.3, -0.25) is 4.79 Å². The van der Waals surface area contributed by atoms with E-state index in [2.05, 4.69) is 9.36 Å². The normalized spacial score (nSPS) is 9.75. The van der Waals surface area contributed by atoms with Gasteiger partial charge in [0.05, 0.1) is 6.61 Å². The maximum absolute atomic E-state index is 10.9. The molecule has 0 atom stereocenters. The van der Waals surface area contributed by atoms with Gasteiger partial charge in [-0.05, 0) is 6.92 Å². The van der Waals surface area contributed by atoms with E-state index >= 15 is 0 Å². The van der Waals surface area contributed by atoms with Gasteiger partial charge in [-0.2, -0.15) is 4.37 Å². The van der Waals surface area contributed by atoms with E-state index in [4.69, 9.17) is 10.5 Å². The van der Waals surface area contributed by atoms with Gasteiger partial charge in [-0.15, -0.1) is 0 Å². The Kier molecular flexibility index (Phi) is 2.98. The third kappa shape index (κ3) is 2.46. The average molecular weight is 187 g/mol. The van der Waals surface area contributed by atoms with E-state index in [9.17, 15) is 4.79 Å². The molecule has 66 valence electrons. The first-order chi connectivity index (χ1) is 5.72. The van der Waals surface area contributed by atoms with Gasteiger partial charge in [0.15, 0.2) is 11.0 Å². The Labute approximate surface area is 73.7 Å². The summed E-state index contributed by atoms with van der Waals surface area (Å²) < 4.78 is 8.54. The molecular weight excluding hydrogens is 178 g/mol. The van der Waals surface area contributed by atoms with Crippen LogP contribution in [-0.2, 0) is 16.0 Å². The van der Waals surface area contributed by atoms with Crippen molar-refractivity contribution < 1.29 is 9.53 Å². The molecule has 0 bridgehead atoms. The fraction of sp³-hybridized carbons (Fsp3) is 0.500. The van der Waals surface area contributed by atoms with Crippen LogP contribution in [0.15, 0.2) is 0 Å². The Morgan fingerprint density at radius 2 is 2.50 bits per heavy atom. The van der Waals surface area contributed by atoms with Crippen molar-refractivity contribution in [2.24, 2.45) is 0 Å². The van der Waals surface area contributed by atoms with Gasteiger partial charge >= 0.3 is 5.97 Å². The van der Waals surface area contributed by atoms with Crippen LogP contribution in [0.1, 0.15) is 12.7 Å². The van der Waals surface area contributed by atoms with Gasteiger partial charge < -0.3 is 10.5 Å². The predicted octanol–water partition coefficient (Wildman–Crippen LogP) is 0.226. The van der Waals surface area contributed by atoms with Gasteiger partial charge in [0.1, 0.15) is 6.42 Å². The number of nitrogens with two attached hydrogens (primary N) is 1. The summed E-state index contributed by atoms with van der Waals surface area (Å²) in [4.78, 5) is 14.7. The molecule has 0 saturated carbocycles. The monoisotopic (exact) mass is 187 g/mol. The third-order valence-electron chi connectivity index (χ3n) is 1.09. The van der Waals surface area contributed by atoms with Crippen LogP contribution in [0.2, 0.25) is 0 Å². The first-order valence-electron chi connectivity index (χ1n) is 3.46. The van der Waals surface area contributed by atoms with Crippen LogP contribution in [0.4, 0.5) is 5.13 Å². The van der Waals surface area contributed by atoms with Crippen LogP contribution in [0.25, 0.3) is 0 Å². The predicted molar refractivity (Wildman–Crippen MR) is 44.7 cm³/mol. The summed E-state index contributed by atoms with van der Waals surface area (Å²) in [6.07, 6.45) is 0.0987. The highest BCUT2D eigenvalue weighted by Crippen LogP contribution is 2.06. The van der Waals surface area contributed by atoms with Crippen LogP contribution in [0.5, 0.6) is 0 Å². The molecule has 0 spiro atoms. The van der Waals surface area contributed by atoms with Crippen molar-refractivity contribution in [3.05, 3.63) is 5.82 Å². The molecule has 1 aromatic rings. The minimum absolute atomic E-state index is 0.0987. The van der Waals surface area contributed by atoms with Gasteiger partial charge in [0, 0.05) is 11.5 Å². The molecule has 0 fully saturated rings. The van der Waals surface area contributed by atoms with E-state index in [0.29, 0.717) is 17.6 Å². The van der Waals surface area contributed by atoms with E-state index in [1.165, 1.54) is 0 Å². The first-order valence-corrected chi connectivity index (χ1v) is 4.23. The topological polar surface area (TPSA) is 78.1 Å². The molecule has 0 aliphatic rings. The van der Waals surface area contributed by atoms with E-state index in [0.717, 1.165) is 11.5 Å². The number of carbonyl (C=O) groups excluding carboxylic acids is 1. The first kappa shape index (κ1) is 8.92. The van der Waals surface area contributed by atoms with Crippen LogP contribution in [0, 0.1) is 0 Å². The second kappa shape index (κ2) is 4.01. The van der Waals surface area contributed by atoms with Crippen molar-refractivity contribution in [1.29, 1.82) is 0 Å². The molecule has 5 nitrogen and oxygen atoms in total. The minimum atomic E-state index is -0.324. The zero-order chi connectivity index (χ0) is 8.97. The summed E-state index contributed by atoms with van der Waals surface area (Å²) in [6, 6.07) is 0. The molecule has 1 heterocycles. The van der Waals surface area contributed by atoms with E-state index in [1.54, 1.807) is 6.92 Å². The number of rotatable bonds is 3. The number of nitrogens with zero attached hydrogens (tertiary/aromatic N) is 2. The Morgan fingerprint density at radius 1 is 1.75 bits per heavy atom. The molecule has 2 N–H and O–H groups in total. The van der Waals surface area contributed by atoms with Crippen LogP contribution < -0.4 is 5.73 Å². The molecule has 12 heavy (non-hydrogen) atoms. The molecule has 0 amide bonds. The molecule has 6 heteroatoms. The molecule has 0 aromatic carbocycles. The highest BCUT2D eigenvalue weighted by Gasteiger charge is 2.07. The van der Waals surface area contributed by atoms with Crippen molar-refractivity contribution in [2.75, 3.05) is 12.3 Å². The number of nitrogen functional groups attached to an aromatic ring is 1. The lowest BCUT2D eigenvalue weighted by Gasteiger charge is -1.96. The molecule has 0 aliphatic carbocycles. The second-order valence-corrected chi connectivity index (χ2v) is 2.81. The lowest BCUT2D eigenvalue weighted by molar-refractivity contribution is -0.142. The standard InChI is InChI=1S/C6H9N3O2S/c1-2-11-5(10)3-4-8-6(7)12-9-4/h2-3H2,1H3,(H2,7,8,9). The molecular formula is C6H9N3O2S. The minimum Gasteiger partial charge on any atom is -0.466 e. The van der Waals surface area contributed by atoms with E-state index in [-0.39, 0.29) is 12.4 Å². The average Bonchev–Trinajstić information content (AvgIpc) is 2.36. The molecule has 0 radical (unpaired) electrons. The Balaban J connectivity index is 2.46. The number of esters is 1. The smallest absolute Gasteiger partial charge is 0.313 e. The van der Waals surface area contributed by atoms with Gasteiger partial charge in [0.25, 0.3) is 0 Å². The largest absolute Gasteiger partial charge is 0.466 e. The number of hydrogen-bond acceptors (Lipinski definition) is 6. The van der Waals surface area contributed by atoms with Crippen molar-refractivity contribution in [3.63, 3.8) is 0 Å². The summed E-state index contributed by atoms with van der Waals surface area (Å²) in [5.41, 5.74) is 5.32. The van der Waals surface area contributed by atoms with Gasteiger partial charge in [0.2, 0.25) is 0 Å². The zero-order valence-corrected chi connectivity index (χ0v) is 7.43. The van der Waals surface area contributed by atoms with Crippen LogP contribution >= 0.6 is 11.5 Å². The molecule has 0 aliphatic heterocycles. The van der Waals surface area contributed by atoms with Crippen molar-refractivity contribution in [2.45, 2.75) is 13.3 Å². The second-order valence-electron chi connectivity index (χ2n) is 2.03. The highest BCUT2D eigenvalue weighted by atomic mass is 32.1. The summed E-state index contributed by atoms with van der Waals surface area (Å²) in [5.74, 6) is 0.103. The van der Waals surface area contributed by atoms with E-state index in [1.807, 2.05) is 0 Å². The van der Waals surface area contributed by atoms with Gasteiger partial charge in [-0.1, -0.05) is 0 Å².